The quantitative estimate of drug-likeness (QED) is 0.614. The van der Waals surface area contributed by atoms with Crippen LogP contribution < -0.4 is 15.8 Å². The van der Waals surface area contributed by atoms with E-state index >= 15 is 0 Å². The Kier molecular flexibility index (Phi) is 5.24. The molecule has 5 heterocycles. The second-order valence-corrected chi connectivity index (χ2v) is 9.32. The lowest BCUT2D eigenvalue weighted by atomic mass is 9.82. The minimum Gasteiger partial charge on any atom is -0.481 e. The molecule has 32 heavy (non-hydrogen) atoms. The third kappa shape index (κ3) is 3.58. The van der Waals surface area contributed by atoms with Crippen molar-refractivity contribution in [3.8, 4) is 17.0 Å². The number of nitrogen functional groups attached to an aromatic ring is 1. The number of ether oxygens (including phenoxy) is 1. The highest BCUT2D eigenvalue weighted by atomic mass is 32.1. The number of carbonyl (C=O) groups excluding carboxylic acids is 1. The summed E-state index contributed by atoms with van der Waals surface area (Å²) in [5.74, 6) is 0.885. The van der Waals surface area contributed by atoms with Crippen molar-refractivity contribution in [3.05, 3.63) is 41.2 Å². The monoisotopic (exact) mass is 453 g/mol. The fourth-order valence-corrected chi connectivity index (χ4v) is 5.26. The van der Waals surface area contributed by atoms with Crippen molar-refractivity contribution in [2.75, 3.05) is 25.4 Å². The maximum absolute atomic E-state index is 12.3. The molecule has 2 aliphatic heterocycles. The number of rotatable bonds is 5. The van der Waals surface area contributed by atoms with Crippen LogP contribution in [-0.2, 0) is 12.0 Å². The van der Waals surface area contributed by atoms with Gasteiger partial charge in [-0.2, -0.15) is 5.10 Å². The van der Waals surface area contributed by atoms with E-state index in [2.05, 4.69) is 25.4 Å². The number of aryl methyl sites for hydroxylation is 1. The lowest BCUT2D eigenvalue weighted by molar-refractivity contribution is 0.206. The molecule has 1 spiro atoms. The number of hydrogen-bond donors (Lipinski definition) is 2. The van der Waals surface area contributed by atoms with E-state index in [4.69, 9.17) is 15.6 Å². The number of nitrogens with two attached hydrogens (primary N) is 1. The van der Waals surface area contributed by atoms with E-state index in [1.807, 2.05) is 30.9 Å². The van der Waals surface area contributed by atoms with Gasteiger partial charge in [0.1, 0.15) is 6.10 Å². The molecule has 0 radical (unpaired) electrons. The van der Waals surface area contributed by atoms with Gasteiger partial charge in [0, 0.05) is 55.2 Å². The molecule has 9 nitrogen and oxygen atoms in total. The first-order valence-electron chi connectivity index (χ1n) is 10.9. The Morgan fingerprint density at radius 1 is 1.38 bits per heavy atom. The number of urea groups is 1. The number of nitrogens with one attached hydrogen (secondary N) is 1. The van der Waals surface area contributed by atoms with Gasteiger partial charge in [-0.1, -0.05) is 0 Å². The van der Waals surface area contributed by atoms with Gasteiger partial charge in [0.25, 0.3) is 0 Å². The normalized spacial score (nSPS) is 20.5. The molecule has 10 heteroatoms. The number of carbonyl (C=O) groups is 1. The molecule has 3 aromatic heterocycles. The predicted octanol–water partition coefficient (Wildman–Crippen LogP) is 3.20. The van der Waals surface area contributed by atoms with E-state index in [1.165, 1.54) is 17.2 Å². The van der Waals surface area contributed by atoms with Gasteiger partial charge in [-0.05, 0) is 56.4 Å². The standard InChI is InChI=1S/C22H27N7O2S/c1-3-24-21(30)28-8-5-22(13-28)6-9-29-19(22)11-16(27-29)15-10-17(20(23)25-12-15)31-14(2)18-4-7-26-32-18/h4,7,10-12,14H,3,5-6,8-9,13H2,1-2H3,(H2,23,25)(H,24,30)/t14-,22-/m1/s1. The van der Waals surface area contributed by atoms with Gasteiger partial charge in [0.15, 0.2) is 11.6 Å². The molecular formula is C22H27N7O2S. The molecule has 2 amide bonds. The number of anilines is 1. The summed E-state index contributed by atoms with van der Waals surface area (Å²) in [4.78, 5) is 19.6. The molecule has 3 N–H and O–H groups in total. The number of pyridine rings is 1. The summed E-state index contributed by atoms with van der Waals surface area (Å²) >= 11 is 1.40. The zero-order valence-electron chi connectivity index (χ0n) is 18.2. The van der Waals surface area contributed by atoms with Crippen molar-refractivity contribution in [3.63, 3.8) is 0 Å². The molecule has 2 atom stereocenters. The average molecular weight is 454 g/mol. The summed E-state index contributed by atoms with van der Waals surface area (Å²) in [7, 11) is 0. The summed E-state index contributed by atoms with van der Waals surface area (Å²) in [6, 6.07) is 5.99. The van der Waals surface area contributed by atoms with Crippen LogP contribution in [0, 0.1) is 0 Å². The predicted molar refractivity (Wildman–Crippen MR) is 123 cm³/mol. The fraction of sp³-hybridized carbons (Fsp3) is 0.455. The minimum absolute atomic E-state index is 0.0159. The van der Waals surface area contributed by atoms with Crippen LogP contribution in [0.25, 0.3) is 11.3 Å². The molecule has 0 aromatic carbocycles. The van der Waals surface area contributed by atoms with Crippen molar-refractivity contribution in [1.82, 2.24) is 29.4 Å². The molecule has 1 fully saturated rings. The van der Waals surface area contributed by atoms with Crippen molar-refractivity contribution in [1.29, 1.82) is 0 Å². The van der Waals surface area contributed by atoms with Crippen LogP contribution in [0.1, 0.15) is 43.4 Å². The van der Waals surface area contributed by atoms with Crippen molar-refractivity contribution < 1.29 is 9.53 Å². The summed E-state index contributed by atoms with van der Waals surface area (Å²) < 4.78 is 12.3. The maximum atomic E-state index is 12.3. The van der Waals surface area contributed by atoms with E-state index in [1.54, 1.807) is 12.4 Å². The van der Waals surface area contributed by atoms with Gasteiger partial charge >= 0.3 is 6.03 Å². The third-order valence-corrected chi connectivity index (χ3v) is 7.34. The zero-order valence-corrected chi connectivity index (χ0v) is 19.1. The Morgan fingerprint density at radius 3 is 3.00 bits per heavy atom. The lowest BCUT2D eigenvalue weighted by Gasteiger charge is -2.23. The van der Waals surface area contributed by atoms with E-state index in [0.717, 1.165) is 48.6 Å². The van der Waals surface area contributed by atoms with Crippen LogP contribution in [0.2, 0.25) is 0 Å². The third-order valence-electron chi connectivity index (χ3n) is 6.43. The Labute approximate surface area is 190 Å². The molecule has 5 rings (SSSR count). The van der Waals surface area contributed by atoms with Gasteiger partial charge in [-0.15, -0.1) is 0 Å². The first-order valence-corrected chi connectivity index (χ1v) is 11.7. The van der Waals surface area contributed by atoms with Gasteiger partial charge in [-0.25, -0.2) is 14.2 Å². The summed E-state index contributed by atoms with van der Waals surface area (Å²) in [5.41, 5.74) is 8.96. The second kappa shape index (κ2) is 8.09. The fourth-order valence-electron chi connectivity index (χ4n) is 4.70. The number of likely N-dealkylation sites (tertiary alicyclic amines) is 1. The Morgan fingerprint density at radius 2 is 2.22 bits per heavy atom. The molecule has 168 valence electrons. The highest BCUT2D eigenvalue weighted by Crippen LogP contribution is 2.44. The van der Waals surface area contributed by atoms with Gasteiger partial charge < -0.3 is 20.7 Å². The van der Waals surface area contributed by atoms with Gasteiger partial charge in [0.2, 0.25) is 0 Å². The molecule has 2 aliphatic rings. The number of aromatic nitrogens is 4. The van der Waals surface area contributed by atoms with E-state index in [-0.39, 0.29) is 17.6 Å². The number of fused-ring (bicyclic) bond motifs is 2. The van der Waals surface area contributed by atoms with Crippen LogP contribution in [-0.4, -0.2) is 49.7 Å². The maximum Gasteiger partial charge on any atom is 0.317 e. The van der Waals surface area contributed by atoms with E-state index in [9.17, 15) is 4.79 Å². The molecular weight excluding hydrogens is 426 g/mol. The average Bonchev–Trinajstić information content (AvgIpc) is 3.56. The largest absolute Gasteiger partial charge is 0.481 e. The molecule has 1 saturated heterocycles. The zero-order chi connectivity index (χ0) is 22.3. The Balaban J connectivity index is 1.39. The molecule has 0 saturated carbocycles. The highest BCUT2D eigenvalue weighted by molar-refractivity contribution is 7.05. The lowest BCUT2D eigenvalue weighted by Crippen LogP contribution is -2.40. The van der Waals surface area contributed by atoms with Crippen LogP contribution in [0.5, 0.6) is 5.75 Å². The summed E-state index contributed by atoms with van der Waals surface area (Å²) in [5, 5.41) is 7.75. The highest BCUT2D eigenvalue weighted by Gasteiger charge is 2.46. The number of nitrogens with zero attached hydrogens (tertiary/aromatic N) is 5. The summed E-state index contributed by atoms with van der Waals surface area (Å²) in [6.45, 7) is 6.90. The smallest absolute Gasteiger partial charge is 0.317 e. The summed E-state index contributed by atoms with van der Waals surface area (Å²) in [6.07, 6.45) is 5.29. The topological polar surface area (TPSA) is 111 Å². The van der Waals surface area contributed by atoms with Crippen LogP contribution in [0.3, 0.4) is 0 Å². The van der Waals surface area contributed by atoms with Crippen LogP contribution in [0.15, 0.2) is 30.6 Å². The van der Waals surface area contributed by atoms with E-state index in [0.29, 0.717) is 18.1 Å². The van der Waals surface area contributed by atoms with E-state index < -0.39 is 0 Å². The van der Waals surface area contributed by atoms with Crippen LogP contribution >= 0.6 is 11.5 Å². The van der Waals surface area contributed by atoms with Crippen molar-refractivity contribution in [2.45, 2.75) is 44.8 Å². The molecule has 0 unspecified atom stereocenters. The first-order chi connectivity index (χ1) is 15.5. The number of hydrogen-bond acceptors (Lipinski definition) is 7. The first kappa shape index (κ1) is 20.7. The Bertz CT molecular complexity index is 1130. The van der Waals surface area contributed by atoms with Crippen molar-refractivity contribution >= 4 is 23.4 Å². The van der Waals surface area contributed by atoms with Gasteiger partial charge in [0.05, 0.1) is 10.6 Å². The second-order valence-electron chi connectivity index (χ2n) is 8.46. The molecule has 0 aliphatic carbocycles. The minimum atomic E-state index is -0.170. The van der Waals surface area contributed by atoms with Crippen LogP contribution in [0.4, 0.5) is 10.6 Å². The van der Waals surface area contributed by atoms with Crippen molar-refractivity contribution in [2.24, 2.45) is 0 Å². The van der Waals surface area contributed by atoms with Gasteiger partial charge in [-0.3, -0.25) is 4.68 Å². The molecule has 3 aromatic rings. The molecule has 0 bridgehead atoms. The number of amides is 2. The Hall–Kier alpha value is -3.14. The SMILES string of the molecule is CCNC(=O)N1CC[C@@]2(CCn3nc(-c4cnc(N)c(O[C@H](C)c5ccns5)c4)cc32)C1.